The molecule has 0 atom stereocenters. The molecule has 0 unspecified atom stereocenters. The zero-order valence-electron chi connectivity index (χ0n) is 21.8. The highest BCUT2D eigenvalue weighted by Crippen LogP contribution is 2.34. The normalized spacial score (nSPS) is 15.4. The quantitative estimate of drug-likeness (QED) is 0.485. The molecular formula is C28H33N3O6. The van der Waals surface area contributed by atoms with Gasteiger partial charge in [-0.05, 0) is 35.7 Å². The van der Waals surface area contributed by atoms with Gasteiger partial charge in [-0.1, -0.05) is 19.9 Å². The summed E-state index contributed by atoms with van der Waals surface area (Å²) in [5, 5.41) is 1.03. The molecule has 2 aromatic carbocycles. The fourth-order valence-electron chi connectivity index (χ4n) is 4.99. The zero-order chi connectivity index (χ0) is 26.1. The number of pyridine rings is 1. The molecule has 0 N–H and O–H groups in total. The van der Waals surface area contributed by atoms with Crippen LogP contribution < -0.4 is 24.5 Å². The van der Waals surface area contributed by atoms with Crippen molar-refractivity contribution >= 4 is 16.7 Å². The van der Waals surface area contributed by atoms with Gasteiger partial charge < -0.3 is 28.4 Å². The number of hydrogen-bond donors (Lipinski definition) is 0. The molecule has 2 aliphatic rings. The van der Waals surface area contributed by atoms with Crippen molar-refractivity contribution in [1.82, 2.24) is 14.4 Å². The smallest absolute Gasteiger partial charge is 0.258 e. The van der Waals surface area contributed by atoms with Crippen LogP contribution >= 0.6 is 0 Å². The highest BCUT2D eigenvalue weighted by molar-refractivity contribution is 6.07. The molecule has 0 aliphatic carbocycles. The summed E-state index contributed by atoms with van der Waals surface area (Å²) in [7, 11) is 3.08. The molecule has 196 valence electrons. The van der Waals surface area contributed by atoms with Crippen LogP contribution in [0.4, 0.5) is 0 Å². The van der Waals surface area contributed by atoms with E-state index in [-0.39, 0.29) is 24.2 Å². The Balaban J connectivity index is 1.39. The zero-order valence-corrected chi connectivity index (χ0v) is 21.8. The summed E-state index contributed by atoms with van der Waals surface area (Å²) in [6.45, 7) is 8.35. The molecule has 2 aliphatic heterocycles. The molecule has 3 aromatic rings. The maximum absolute atomic E-state index is 13.8. The third-order valence-corrected chi connectivity index (χ3v) is 6.89. The number of rotatable bonds is 7. The van der Waals surface area contributed by atoms with Crippen molar-refractivity contribution in [3.63, 3.8) is 0 Å². The summed E-state index contributed by atoms with van der Waals surface area (Å²) in [6.07, 6.45) is 1.71. The maximum atomic E-state index is 13.8. The first kappa shape index (κ1) is 25.0. The van der Waals surface area contributed by atoms with E-state index < -0.39 is 0 Å². The number of benzene rings is 2. The number of methoxy groups -OCH3 is 2. The summed E-state index contributed by atoms with van der Waals surface area (Å²) < 4.78 is 23.5. The Hall–Kier alpha value is -3.72. The Kier molecular flexibility index (Phi) is 6.97. The Morgan fingerprint density at radius 2 is 1.62 bits per heavy atom. The SMILES string of the molecule is COc1cc2c(C(=O)N3CCN(Cc4ccc5c(c4)OCO5)CC3)cn(CC(C)C)c(=O)c2cc1OC. The largest absolute Gasteiger partial charge is 0.493 e. The number of fused-ring (bicyclic) bond motifs is 2. The van der Waals surface area contributed by atoms with Gasteiger partial charge in [0.2, 0.25) is 6.79 Å². The average molecular weight is 508 g/mol. The first-order valence-corrected chi connectivity index (χ1v) is 12.6. The van der Waals surface area contributed by atoms with Crippen LogP contribution in [0.3, 0.4) is 0 Å². The minimum absolute atomic E-state index is 0.0857. The van der Waals surface area contributed by atoms with Crippen LogP contribution in [0.5, 0.6) is 23.0 Å². The molecule has 5 rings (SSSR count). The topological polar surface area (TPSA) is 82.5 Å². The minimum Gasteiger partial charge on any atom is -0.493 e. The lowest BCUT2D eigenvalue weighted by molar-refractivity contribution is 0.0629. The van der Waals surface area contributed by atoms with Crippen molar-refractivity contribution in [2.24, 2.45) is 5.92 Å². The van der Waals surface area contributed by atoms with Gasteiger partial charge in [0.25, 0.3) is 11.5 Å². The van der Waals surface area contributed by atoms with E-state index in [9.17, 15) is 9.59 Å². The van der Waals surface area contributed by atoms with Crippen molar-refractivity contribution in [2.45, 2.75) is 26.9 Å². The molecule has 1 aromatic heterocycles. The molecule has 0 bridgehead atoms. The first-order chi connectivity index (χ1) is 17.9. The van der Waals surface area contributed by atoms with Crippen molar-refractivity contribution in [3.05, 3.63) is 58.0 Å². The Labute approximate surface area is 216 Å². The molecule has 1 fully saturated rings. The molecule has 0 radical (unpaired) electrons. The van der Waals surface area contributed by atoms with Gasteiger partial charge in [0.05, 0.1) is 25.2 Å². The summed E-state index contributed by atoms with van der Waals surface area (Å²) in [5.41, 5.74) is 1.51. The van der Waals surface area contributed by atoms with Crippen molar-refractivity contribution in [3.8, 4) is 23.0 Å². The molecule has 1 saturated heterocycles. The van der Waals surface area contributed by atoms with E-state index in [1.165, 1.54) is 7.11 Å². The number of piperazine rings is 1. The monoisotopic (exact) mass is 507 g/mol. The standard InChI is InChI=1S/C28H33N3O6/c1-18(2)14-31-16-22(20-12-24(34-3)25(35-4)13-21(20)27(31)32)28(33)30-9-7-29(8-10-30)15-19-5-6-23-26(11-19)37-17-36-23/h5-6,11-13,16,18H,7-10,14-15,17H2,1-4H3. The number of amides is 1. The van der Waals surface area contributed by atoms with Gasteiger partial charge in [-0.15, -0.1) is 0 Å². The van der Waals surface area contributed by atoms with Crippen LogP contribution in [-0.4, -0.2) is 67.5 Å². The van der Waals surface area contributed by atoms with Crippen LogP contribution in [0.15, 0.2) is 41.3 Å². The van der Waals surface area contributed by atoms with E-state index in [1.807, 2.05) is 30.9 Å². The fraction of sp³-hybridized carbons (Fsp3) is 0.429. The molecule has 0 spiro atoms. The molecule has 9 nitrogen and oxygen atoms in total. The first-order valence-electron chi connectivity index (χ1n) is 12.6. The second-order valence-electron chi connectivity index (χ2n) is 9.90. The van der Waals surface area contributed by atoms with Crippen LogP contribution in [0, 0.1) is 5.92 Å². The lowest BCUT2D eigenvalue weighted by Gasteiger charge is -2.35. The highest BCUT2D eigenvalue weighted by Gasteiger charge is 2.26. The van der Waals surface area contributed by atoms with Crippen molar-refractivity contribution in [2.75, 3.05) is 47.2 Å². The maximum Gasteiger partial charge on any atom is 0.258 e. The molecular weight excluding hydrogens is 474 g/mol. The molecule has 3 heterocycles. The van der Waals surface area contributed by atoms with E-state index >= 15 is 0 Å². The lowest BCUT2D eigenvalue weighted by atomic mass is 10.0. The number of nitrogens with zero attached hydrogens (tertiary/aromatic N) is 3. The van der Waals surface area contributed by atoms with Crippen molar-refractivity contribution < 1.29 is 23.7 Å². The van der Waals surface area contributed by atoms with Gasteiger partial charge in [-0.3, -0.25) is 14.5 Å². The molecule has 9 heteroatoms. The summed E-state index contributed by atoms with van der Waals surface area (Å²) in [5.74, 6) is 2.67. The Morgan fingerprint density at radius 1 is 0.946 bits per heavy atom. The van der Waals surface area contributed by atoms with Crippen LogP contribution in [0.2, 0.25) is 0 Å². The third-order valence-electron chi connectivity index (χ3n) is 6.89. The lowest BCUT2D eigenvalue weighted by Crippen LogP contribution is -2.48. The number of aromatic nitrogens is 1. The Bertz CT molecular complexity index is 1370. The van der Waals surface area contributed by atoms with Gasteiger partial charge in [0.1, 0.15) is 0 Å². The third kappa shape index (κ3) is 4.96. The van der Waals surface area contributed by atoms with Gasteiger partial charge in [-0.2, -0.15) is 0 Å². The summed E-state index contributed by atoms with van der Waals surface area (Å²) in [4.78, 5) is 31.3. The van der Waals surface area contributed by atoms with Gasteiger partial charge in [0, 0.05) is 50.9 Å². The number of carbonyl (C=O) groups excluding carboxylic acids is 1. The molecule has 37 heavy (non-hydrogen) atoms. The molecule has 0 saturated carbocycles. The predicted molar refractivity (Wildman–Crippen MR) is 140 cm³/mol. The van der Waals surface area contributed by atoms with Gasteiger partial charge in [0.15, 0.2) is 23.0 Å². The Morgan fingerprint density at radius 3 is 2.30 bits per heavy atom. The van der Waals surface area contributed by atoms with E-state index in [1.54, 1.807) is 30.0 Å². The van der Waals surface area contributed by atoms with Crippen LogP contribution in [-0.2, 0) is 13.1 Å². The number of ether oxygens (including phenoxy) is 4. The highest BCUT2D eigenvalue weighted by atomic mass is 16.7. The van der Waals surface area contributed by atoms with Gasteiger partial charge >= 0.3 is 0 Å². The number of hydrogen-bond acceptors (Lipinski definition) is 7. The van der Waals surface area contributed by atoms with Crippen LogP contribution in [0.25, 0.3) is 10.8 Å². The van der Waals surface area contributed by atoms with E-state index in [0.717, 1.165) is 36.7 Å². The average Bonchev–Trinajstić information content (AvgIpc) is 3.37. The second kappa shape index (κ2) is 10.3. The number of carbonyl (C=O) groups is 1. The predicted octanol–water partition coefficient (Wildman–Crippen LogP) is 3.36. The minimum atomic E-state index is -0.144. The van der Waals surface area contributed by atoms with E-state index in [4.69, 9.17) is 18.9 Å². The van der Waals surface area contributed by atoms with Crippen molar-refractivity contribution in [1.29, 1.82) is 0 Å². The summed E-state index contributed by atoms with van der Waals surface area (Å²) in [6, 6.07) is 9.42. The fourth-order valence-corrected chi connectivity index (χ4v) is 4.99. The molecule has 1 amide bonds. The van der Waals surface area contributed by atoms with E-state index in [2.05, 4.69) is 11.0 Å². The summed E-state index contributed by atoms with van der Waals surface area (Å²) >= 11 is 0. The van der Waals surface area contributed by atoms with Crippen LogP contribution in [0.1, 0.15) is 29.8 Å². The van der Waals surface area contributed by atoms with E-state index in [0.29, 0.717) is 47.5 Å². The van der Waals surface area contributed by atoms with Gasteiger partial charge in [-0.25, -0.2) is 0 Å². The second-order valence-corrected chi connectivity index (χ2v) is 9.90.